The van der Waals surface area contributed by atoms with Gasteiger partial charge in [0, 0.05) is 44.3 Å². The molecule has 164 valence electrons. The maximum Gasteiger partial charge on any atom is 0.124 e. The molecule has 1 saturated heterocycles. The van der Waals surface area contributed by atoms with Crippen LogP contribution >= 0.6 is 11.6 Å². The first-order valence-electron chi connectivity index (χ1n) is 11.0. The van der Waals surface area contributed by atoms with Gasteiger partial charge in [0.1, 0.15) is 11.6 Å². The van der Waals surface area contributed by atoms with Gasteiger partial charge < -0.3 is 4.57 Å². The van der Waals surface area contributed by atoms with Gasteiger partial charge in [0.15, 0.2) is 0 Å². The predicted octanol–water partition coefficient (Wildman–Crippen LogP) is 5.19. The maximum absolute atomic E-state index is 13.4. The lowest BCUT2D eigenvalue weighted by Gasteiger charge is -2.34. The second-order valence-corrected chi connectivity index (χ2v) is 8.78. The number of benzene rings is 3. The summed E-state index contributed by atoms with van der Waals surface area (Å²) in [6.07, 6.45) is 0. The fraction of sp³-hybridized carbons (Fsp3) is 0.269. The Bertz CT molecular complexity index is 1200. The molecule has 0 amide bonds. The predicted molar refractivity (Wildman–Crippen MR) is 127 cm³/mol. The Morgan fingerprint density at radius 3 is 2.16 bits per heavy atom. The highest BCUT2D eigenvalue weighted by molar-refractivity contribution is 6.31. The van der Waals surface area contributed by atoms with Crippen molar-refractivity contribution in [2.24, 2.45) is 0 Å². The maximum atomic E-state index is 13.4. The van der Waals surface area contributed by atoms with Crippen LogP contribution in [0.5, 0.6) is 0 Å². The molecular weight excluding hydrogens is 423 g/mol. The van der Waals surface area contributed by atoms with Gasteiger partial charge >= 0.3 is 0 Å². The first kappa shape index (κ1) is 21.1. The third kappa shape index (κ3) is 4.70. The van der Waals surface area contributed by atoms with E-state index >= 15 is 0 Å². The zero-order valence-electron chi connectivity index (χ0n) is 17.9. The quantitative estimate of drug-likeness (QED) is 0.405. The Morgan fingerprint density at radius 2 is 1.41 bits per heavy atom. The van der Waals surface area contributed by atoms with Crippen LogP contribution in [0.4, 0.5) is 4.39 Å². The van der Waals surface area contributed by atoms with Crippen LogP contribution in [0, 0.1) is 5.82 Å². The summed E-state index contributed by atoms with van der Waals surface area (Å²) in [4.78, 5) is 9.86. The summed E-state index contributed by atoms with van der Waals surface area (Å²) in [5.41, 5.74) is 4.37. The van der Waals surface area contributed by atoms with E-state index in [1.165, 1.54) is 17.7 Å². The molecule has 0 aliphatic carbocycles. The monoisotopic (exact) mass is 448 g/mol. The number of nitrogens with zero attached hydrogens (tertiary/aromatic N) is 4. The molecule has 0 spiro atoms. The highest BCUT2D eigenvalue weighted by Crippen LogP contribution is 2.21. The van der Waals surface area contributed by atoms with E-state index in [4.69, 9.17) is 16.6 Å². The van der Waals surface area contributed by atoms with E-state index < -0.39 is 0 Å². The lowest BCUT2D eigenvalue weighted by molar-refractivity contribution is 0.119. The summed E-state index contributed by atoms with van der Waals surface area (Å²) in [7, 11) is 0. The van der Waals surface area contributed by atoms with Crippen molar-refractivity contribution in [2.45, 2.75) is 19.6 Å². The zero-order chi connectivity index (χ0) is 21.9. The fourth-order valence-corrected chi connectivity index (χ4v) is 4.56. The normalized spacial score (nSPS) is 15.4. The number of hydrogen-bond donors (Lipinski definition) is 0. The Hall–Kier alpha value is -2.73. The minimum absolute atomic E-state index is 0.209. The molecule has 4 nitrogen and oxygen atoms in total. The molecule has 1 aromatic heterocycles. The first-order valence-corrected chi connectivity index (χ1v) is 11.4. The number of halogens is 2. The van der Waals surface area contributed by atoms with E-state index in [1.54, 1.807) is 0 Å². The van der Waals surface area contributed by atoms with Gasteiger partial charge in [-0.2, -0.15) is 0 Å². The highest BCUT2D eigenvalue weighted by atomic mass is 35.5. The molecule has 6 heteroatoms. The average molecular weight is 449 g/mol. The van der Waals surface area contributed by atoms with E-state index in [1.807, 2.05) is 42.5 Å². The number of aromatic nitrogens is 2. The second kappa shape index (κ2) is 9.41. The Morgan fingerprint density at radius 1 is 0.750 bits per heavy atom. The molecule has 0 unspecified atom stereocenters. The first-order chi connectivity index (χ1) is 15.7. The van der Waals surface area contributed by atoms with Gasteiger partial charge in [0.25, 0.3) is 0 Å². The van der Waals surface area contributed by atoms with Gasteiger partial charge in [-0.1, -0.05) is 54.1 Å². The summed E-state index contributed by atoms with van der Waals surface area (Å²) in [5.74, 6) is 0.842. The summed E-state index contributed by atoms with van der Waals surface area (Å²) in [6, 6.07) is 23.0. The summed E-state index contributed by atoms with van der Waals surface area (Å²) >= 11 is 6.34. The fourth-order valence-electron chi connectivity index (χ4n) is 4.37. The minimum atomic E-state index is -0.209. The lowest BCUT2D eigenvalue weighted by Crippen LogP contribution is -2.45. The van der Waals surface area contributed by atoms with Gasteiger partial charge in [-0.15, -0.1) is 0 Å². The smallest absolute Gasteiger partial charge is 0.124 e. The Kier molecular flexibility index (Phi) is 6.21. The van der Waals surface area contributed by atoms with Gasteiger partial charge in [-0.3, -0.25) is 9.80 Å². The van der Waals surface area contributed by atoms with E-state index in [0.29, 0.717) is 6.54 Å². The van der Waals surface area contributed by atoms with Crippen molar-refractivity contribution in [1.29, 1.82) is 0 Å². The van der Waals surface area contributed by atoms with Crippen molar-refractivity contribution in [1.82, 2.24) is 19.4 Å². The molecule has 0 atom stereocenters. The van der Waals surface area contributed by atoms with E-state index in [9.17, 15) is 4.39 Å². The van der Waals surface area contributed by atoms with E-state index in [-0.39, 0.29) is 5.82 Å². The lowest BCUT2D eigenvalue weighted by atomic mass is 10.2. The largest absolute Gasteiger partial charge is 0.322 e. The Labute approximate surface area is 192 Å². The number of imidazole rings is 1. The molecule has 2 heterocycles. The standard InChI is InChI=1S/C26H26ClFN4/c27-23-6-2-1-5-21(23)18-30-13-15-31(16-14-30)19-26-29-24-7-3-4-8-25(24)32(26)17-20-9-11-22(28)12-10-20/h1-12H,13-19H2. The zero-order valence-corrected chi connectivity index (χ0v) is 18.7. The van der Waals surface area contributed by atoms with Crippen LogP contribution in [0.25, 0.3) is 11.0 Å². The Balaban J connectivity index is 1.29. The third-order valence-corrected chi connectivity index (χ3v) is 6.54. The molecule has 0 saturated carbocycles. The number of para-hydroxylation sites is 2. The van der Waals surface area contributed by atoms with Crippen LogP contribution in [0.3, 0.4) is 0 Å². The van der Waals surface area contributed by atoms with Crippen LogP contribution in [-0.4, -0.2) is 45.5 Å². The molecule has 1 fully saturated rings. The van der Waals surface area contributed by atoms with Gasteiger partial charge in [0.05, 0.1) is 17.6 Å². The molecule has 0 radical (unpaired) electrons. The summed E-state index contributed by atoms with van der Waals surface area (Å²) in [6.45, 7) is 6.36. The van der Waals surface area contributed by atoms with Gasteiger partial charge in [0.2, 0.25) is 0 Å². The number of rotatable bonds is 6. The number of fused-ring (bicyclic) bond motifs is 1. The van der Waals surface area contributed by atoms with Crippen LogP contribution in [-0.2, 0) is 19.6 Å². The SMILES string of the molecule is Fc1ccc(Cn2c(CN3CCN(Cc4ccccc4Cl)CC3)nc3ccccc32)cc1. The molecular formula is C26H26ClFN4. The van der Waals surface area contributed by atoms with Crippen molar-refractivity contribution < 1.29 is 4.39 Å². The van der Waals surface area contributed by atoms with Crippen LogP contribution in [0.1, 0.15) is 17.0 Å². The molecule has 5 rings (SSSR count). The second-order valence-electron chi connectivity index (χ2n) is 8.37. The molecule has 0 N–H and O–H groups in total. The van der Waals surface area contributed by atoms with Crippen molar-refractivity contribution in [3.63, 3.8) is 0 Å². The van der Waals surface area contributed by atoms with Crippen LogP contribution < -0.4 is 0 Å². The topological polar surface area (TPSA) is 24.3 Å². The molecule has 1 aliphatic heterocycles. The van der Waals surface area contributed by atoms with Crippen LogP contribution in [0.2, 0.25) is 5.02 Å². The van der Waals surface area contributed by atoms with Crippen LogP contribution in [0.15, 0.2) is 72.8 Å². The minimum Gasteiger partial charge on any atom is -0.322 e. The highest BCUT2D eigenvalue weighted by Gasteiger charge is 2.20. The van der Waals surface area contributed by atoms with Gasteiger partial charge in [-0.25, -0.2) is 9.37 Å². The average Bonchev–Trinajstić information content (AvgIpc) is 3.15. The molecule has 4 aromatic rings. The number of hydrogen-bond acceptors (Lipinski definition) is 3. The summed E-state index contributed by atoms with van der Waals surface area (Å²) < 4.78 is 15.6. The molecule has 0 bridgehead atoms. The third-order valence-electron chi connectivity index (χ3n) is 6.17. The van der Waals surface area contributed by atoms with Crippen molar-refractivity contribution in [3.05, 3.63) is 101 Å². The van der Waals surface area contributed by atoms with Crippen molar-refractivity contribution >= 4 is 22.6 Å². The molecule has 3 aromatic carbocycles. The van der Waals surface area contributed by atoms with E-state index in [2.05, 4.69) is 32.6 Å². The number of piperazine rings is 1. The summed E-state index contributed by atoms with van der Waals surface area (Å²) in [5, 5.41) is 0.837. The van der Waals surface area contributed by atoms with Crippen molar-refractivity contribution in [2.75, 3.05) is 26.2 Å². The van der Waals surface area contributed by atoms with E-state index in [0.717, 1.165) is 66.7 Å². The molecule has 32 heavy (non-hydrogen) atoms. The van der Waals surface area contributed by atoms with Crippen molar-refractivity contribution in [3.8, 4) is 0 Å². The van der Waals surface area contributed by atoms with Gasteiger partial charge in [-0.05, 0) is 41.5 Å². The molecule has 1 aliphatic rings.